The van der Waals surface area contributed by atoms with Crippen LogP contribution in [0.5, 0.6) is 5.75 Å². The molecule has 0 radical (unpaired) electrons. The van der Waals surface area contributed by atoms with Crippen molar-refractivity contribution in [2.24, 2.45) is 0 Å². The fraction of sp³-hybridized carbons (Fsp3) is 0.500. The van der Waals surface area contributed by atoms with E-state index in [0.717, 1.165) is 25.7 Å². The lowest BCUT2D eigenvalue weighted by Crippen LogP contribution is -2.15. The molecule has 0 heterocycles. The van der Waals surface area contributed by atoms with Crippen LogP contribution in [-0.2, 0) is 9.53 Å². The number of rotatable bonds is 9. The van der Waals surface area contributed by atoms with Gasteiger partial charge in [-0.15, -0.1) is 0 Å². The molecule has 18 heavy (non-hydrogen) atoms. The second kappa shape index (κ2) is 9.48. The van der Waals surface area contributed by atoms with Gasteiger partial charge >= 0.3 is 5.97 Å². The number of carbonyl (C=O) groups excluding carboxylic acids is 1. The van der Waals surface area contributed by atoms with Crippen molar-refractivity contribution in [1.82, 2.24) is 0 Å². The molecule has 0 unspecified atom stereocenters. The molecule has 0 aliphatic heterocycles. The lowest BCUT2D eigenvalue weighted by molar-refractivity contribution is -0.146. The summed E-state index contributed by atoms with van der Waals surface area (Å²) < 4.78 is 10.3. The van der Waals surface area contributed by atoms with Crippen LogP contribution in [0.2, 0.25) is 0 Å². The van der Waals surface area contributed by atoms with Gasteiger partial charge in [-0.25, -0.2) is 4.79 Å². The maximum absolute atomic E-state index is 11.3. The quantitative estimate of drug-likeness (QED) is 0.540. The molecule has 0 aliphatic carbocycles. The zero-order chi connectivity index (χ0) is 13.1. The van der Waals surface area contributed by atoms with Gasteiger partial charge in [0.1, 0.15) is 5.75 Å². The zero-order valence-corrected chi connectivity index (χ0v) is 10.5. The average Bonchev–Trinajstić information content (AvgIpc) is 2.41. The monoisotopic (exact) mass is 252 g/mol. The SMILES string of the molecule is O=C(COc1ccccc1)OCCCCCCO. The predicted octanol–water partition coefficient (Wildman–Crippen LogP) is 2.16. The number of hydrogen-bond acceptors (Lipinski definition) is 4. The smallest absolute Gasteiger partial charge is 0.344 e. The minimum Gasteiger partial charge on any atom is -0.482 e. The third-order valence-electron chi connectivity index (χ3n) is 2.42. The van der Waals surface area contributed by atoms with E-state index < -0.39 is 0 Å². The zero-order valence-electron chi connectivity index (χ0n) is 10.5. The summed E-state index contributed by atoms with van der Waals surface area (Å²) in [7, 11) is 0. The first kappa shape index (κ1) is 14.5. The summed E-state index contributed by atoms with van der Waals surface area (Å²) >= 11 is 0. The number of carbonyl (C=O) groups is 1. The molecule has 0 spiro atoms. The molecule has 0 aliphatic rings. The number of esters is 1. The normalized spacial score (nSPS) is 10.1. The summed E-state index contributed by atoms with van der Waals surface area (Å²) in [6.07, 6.45) is 3.57. The van der Waals surface area contributed by atoms with Crippen molar-refractivity contribution in [3.8, 4) is 5.75 Å². The standard InChI is InChI=1S/C14H20O4/c15-10-6-1-2-7-11-17-14(16)12-18-13-8-4-3-5-9-13/h3-5,8-9,15H,1-2,6-7,10-12H2. The second-order valence-corrected chi connectivity index (χ2v) is 3.96. The molecule has 0 atom stereocenters. The second-order valence-electron chi connectivity index (χ2n) is 3.96. The van der Waals surface area contributed by atoms with E-state index >= 15 is 0 Å². The highest BCUT2D eigenvalue weighted by molar-refractivity contribution is 5.71. The minimum absolute atomic E-state index is 0.0549. The van der Waals surface area contributed by atoms with Gasteiger partial charge in [0.2, 0.25) is 0 Å². The number of benzene rings is 1. The van der Waals surface area contributed by atoms with Crippen molar-refractivity contribution < 1.29 is 19.4 Å². The third kappa shape index (κ3) is 6.91. The molecule has 1 rings (SSSR count). The number of para-hydroxylation sites is 1. The van der Waals surface area contributed by atoms with Gasteiger partial charge in [-0.1, -0.05) is 24.6 Å². The number of aliphatic hydroxyl groups is 1. The molecule has 0 saturated heterocycles. The Hall–Kier alpha value is -1.55. The van der Waals surface area contributed by atoms with Crippen LogP contribution in [0.4, 0.5) is 0 Å². The van der Waals surface area contributed by atoms with Crippen LogP contribution < -0.4 is 4.74 Å². The van der Waals surface area contributed by atoms with Gasteiger partial charge in [0.25, 0.3) is 0 Å². The number of ether oxygens (including phenoxy) is 2. The van der Waals surface area contributed by atoms with E-state index in [1.54, 1.807) is 12.1 Å². The maximum atomic E-state index is 11.3. The summed E-state index contributed by atoms with van der Waals surface area (Å²) in [6.45, 7) is 0.591. The molecular weight excluding hydrogens is 232 g/mol. The largest absolute Gasteiger partial charge is 0.482 e. The molecule has 0 amide bonds. The van der Waals surface area contributed by atoms with Gasteiger partial charge in [-0.05, 0) is 31.4 Å². The summed E-state index contributed by atoms with van der Waals surface area (Å²) in [5.41, 5.74) is 0. The van der Waals surface area contributed by atoms with Crippen molar-refractivity contribution in [2.75, 3.05) is 19.8 Å². The lowest BCUT2D eigenvalue weighted by Gasteiger charge is -2.06. The van der Waals surface area contributed by atoms with E-state index in [2.05, 4.69) is 0 Å². The molecule has 1 aromatic rings. The summed E-state index contributed by atoms with van der Waals surface area (Å²) in [4.78, 5) is 11.3. The molecule has 0 fully saturated rings. The Balaban J connectivity index is 2.01. The van der Waals surface area contributed by atoms with Crippen molar-refractivity contribution in [3.63, 3.8) is 0 Å². The molecule has 4 heteroatoms. The molecular formula is C14H20O4. The Morgan fingerprint density at radius 3 is 2.50 bits per heavy atom. The van der Waals surface area contributed by atoms with Crippen LogP contribution in [-0.4, -0.2) is 30.9 Å². The first-order chi connectivity index (χ1) is 8.83. The lowest BCUT2D eigenvalue weighted by atomic mass is 10.2. The molecule has 1 N–H and O–H groups in total. The van der Waals surface area contributed by atoms with E-state index in [4.69, 9.17) is 14.6 Å². The van der Waals surface area contributed by atoms with Crippen molar-refractivity contribution in [1.29, 1.82) is 0 Å². The van der Waals surface area contributed by atoms with Gasteiger partial charge in [0.05, 0.1) is 6.61 Å². The third-order valence-corrected chi connectivity index (χ3v) is 2.42. The molecule has 4 nitrogen and oxygen atoms in total. The molecule has 0 saturated carbocycles. The Morgan fingerprint density at radius 1 is 1.06 bits per heavy atom. The van der Waals surface area contributed by atoms with Gasteiger partial charge in [-0.3, -0.25) is 0 Å². The van der Waals surface area contributed by atoms with E-state index in [1.165, 1.54) is 0 Å². The Kier molecular flexibility index (Phi) is 7.64. The molecule has 0 bridgehead atoms. The first-order valence-electron chi connectivity index (χ1n) is 6.27. The highest BCUT2D eigenvalue weighted by atomic mass is 16.6. The van der Waals surface area contributed by atoms with Crippen LogP contribution in [0.1, 0.15) is 25.7 Å². The van der Waals surface area contributed by atoms with Gasteiger partial charge in [-0.2, -0.15) is 0 Å². The van der Waals surface area contributed by atoms with Crippen LogP contribution >= 0.6 is 0 Å². The van der Waals surface area contributed by atoms with E-state index in [0.29, 0.717) is 12.4 Å². The summed E-state index contributed by atoms with van der Waals surface area (Å²) in [6, 6.07) is 9.17. The summed E-state index contributed by atoms with van der Waals surface area (Å²) in [5.74, 6) is 0.318. The molecule has 100 valence electrons. The van der Waals surface area contributed by atoms with E-state index in [-0.39, 0.29) is 19.2 Å². The molecule has 1 aromatic carbocycles. The van der Waals surface area contributed by atoms with Crippen LogP contribution in [0.15, 0.2) is 30.3 Å². The summed E-state index contributed by atoms with van der Waals surface area (Å²) in [5, 5.41) is 8.59. The number of hydrogen-bond donors (Lipinski definition) is 1. The van der Waals surface area contributed by atoms with E-state index in [1.807, 2.05) is 18.2 Å². The highest BCUT2D eigenvalue weighted by Gasteiger charge is 2.03. The minimum atomic E-state index is -0.346. The van der Waals surface area contributed by atoms with Gasteiger partial charge in [0.15, 0.2) is 6.61 Å². The highest BCUT2D eigenvalue weighted by Crippen LogP contribution is 2.08. The Morgan fingerprint density at radius 2 is 1.78 bits per heavy atom. The van der Waals surface area contributed by atoms with Crippen molar-refractivity contribution in [2.45, 2.75) is 25.7 Å². The van der Waals surface area contributed by atoms with Crippen molar-refractivity contribution >= 4 is 5.97 Å². The predicted molar refractivity (Wildman–Crippen MR) is 68.4 cm³/mol. The van der Waals surface area contributed by atoms with Crippen LogP contribution in [0, 0.1) is 0 Å². The van der Waals surface area contributed by atoms with Gasteiger partial charge in [0, 0.05) is 6.61 Å². The fourth-order valence-corrected chi connectivity index (χ4v) is 1.45. The fourth-order valence-electron chi connectivity index (χ4n) is 1.45. The topological polar surface area (TPSA) is 55.8 Å². The van der Waals surface area contributed by atoms with Crippen molar-refractivity contribution in [3.05, 3.63) is 30.3 Å². The number of aliphatic hydroxyl groups excluding tert-OH is 1. The maximum Gasteiger partial charge on any atom is 0.344 e. The molecule has 0 aromatic heterocycles. The first-order valence-corrected chi connectivity index (χ1v) is 6.27. The average molecular weight is 252 g/mol. The van der Waals surface area contributed by atoms with Crippen LogP contribution in [0.25, 0.3) is 0 Å². The number of unbranched alkanes of at least 4 members (excludes halogenated alkanes) is 3. The van der Waals surface area contributed by atoms with Crippen LogP contribution in [0.3, 0.4) is 0 Å². The Labute approximate surface area is 108 Å². The Bertz CT molecular complexity index is 324. The van der Waals surface area contributed by atoms with E-state index in [9.17, 15) is 4.79 Å². The van der Waals surface area contributed by atoms with Gasteiger partial charge < -0.3 is 14.6 Å².